The van der Waals surface area contributed by atoms with Gasteiger partial charge in [0, 0.05) is 30.9 Å². The summed E-state index contributed by atoms with van der Waals surface area (Å²) >= 11 is 0. The SMILES string of the molecule is CCOCCCN1C(=O)c2[nH]nc(-c3ccccc3O)c2[C@H]1c1ccc(OC)cc1. The quantitative estimate of drug-likeness (QED) is 0.555. The Morgan fingerprint density at radius 1 is 1.17 bits per heavy atom. The van der Waals surface area contributed by atoms with Crippen molar-refractivity contribution in [3.05, 3.63) is 65.4 Å². The van der Waals surface area contributed by atoms with E-state index in [1.165, 1.54) is 0 Å². The number of rotatable bonds is 8. The van der Waals surface area contributed by atoms with Crippen molar-refractivity contribution < 1.29 is 19.4 Å². The number of fused-ring (bicyclic) bond motifs is 1. The van der Waals surface area contributed by atoms with Crippen LogP contribution in [0.15, 0.2) is 48.5 Å². The third-order valence-corrected chi connectivity index (χ3v) is 5.35. The Bertz CT molecular complexity index is 1030. The third kappa shape index (κ3) is 3.52. The maximum absolute atomic E-state index is 13.2. The summed E-state index contributed by atoms with van der Waals surface area (Å²) in [5.41, 5.74) is 3.38. The molecule has 4 rings (SSSR count). The molecule has 0 saturated heterocycles. The molecule has 0 unspecified atom stereocenters. The summed E-state index contributed by atoms with van der Waals surface area (Å²) in [4.78, 5) is 15.1. The topological polar surface area (TPSA) is 87.7 Å². The smallest absolute Gasteiger partial charge is 0.273 e. The summed E-state index contributed by atoms with van der Waals surface area (Å²) < 4.78 is 10.7. The van der Waals surface area contributed by atoms with Gasteiger partial charge in [0.2, 0.25) is 0 Å². The predicted molar refractivity (Wildman–Crippen MR) is 113 cm³/mol. The molecule has 1 aliphatic rings. The summed E-state index contributed by atoms with van der Waals surface area (Å²) in [6, 6.07) is 14.4. The second-order valence-corrected chi connectivity index (χ2v) is 7.10. The first-order valence-corrected chi connectivity index (χ1v) is 10.0. The van der Waals surface area contributed by atoms with Crippen LogP contribution < -0.4 is 4.74 Å². The molecule has 1 amide bonds. The number of nitrogens with one attached hydrogen (secondary N) is 1. The van der Waals surface area contributed by atoms with Gasteiger partial charge in [0.25, 0.3) is 5.91 Å². The van der Waals surface area contributed by atoms with Gasteiger partial charge in [-0.2, -0.15) is 5.10 Å². The highest BCUT2D eigenvalue weighted by Gasteiger charge is 2.42. The van der Waals surface area contributed by atoms with Gasteiger partial charge < -0.3 is 19.5 Å². The number of hydrogen-bond acceptors (Lipinski definition) is 5. The van der Waals surface area contributed by atoms with Crippen molar-refractivity contribution in [2.45, 2.75) is 19.4 Å². The molecule has 0 bridgehead atoms. The molecule has 0 saturated carbocycles. The van der Waals surface area contributed by atoms with E-state index < -0.39 is 0 Å². The van der Waals surface area contributed by atoms with Crippen LogP contribution >= 0.6 is 0 Å². The number of ether oxygens (including phenoxy) is 2. The second-order valence-electron chi connectivity index (χ2n) is 7.10. The van der Waals surface area contributed by atoms with E-state index in [0.29, 0.717) is 36.7 Å². The van der Waals surface area contributed by atoms with Crippen LogP contribution in [0.1, 0.15) is 41.0 Å². The van der Waals surface area contributed by atoms with Crippen molar-refractivity contribution in [1.82, 2.24) is 15.1 Å². The lowest BCUT2D eigenvalue weighted by atomic mass is 9.95. The van der Waals surface area contributed by atoms with Gasteiger partial charge in [-0.1, -0.05) is 24.3 Å². The first-order valence-electron chi connectivity index (χ1n) is 10.0. The van der Waals surface area contributed by atoms with E-state index in [4.69, 9.17) is 9.47 Å². The van der Waals surface area contributed by atoms with Crippen molar-refractivity contribution >= 4 is 5.91 Å². The third-order valence-electron chi connectivity index (χ3n) is 5.35. The lowest BCUT2D eigenvalue weighted by Gasteiger charge is -2.26. The number of carbonyl (C=O) groups excluding carboxylic acids is 1. The number of aromatic amines is 1. The summed E-state index contributed by atoms with van der Waals surface area (Å²) in [7, 11) is 1.62. The average molecular weight is 407 g/mol. The minimum Gasteiger partial charge on any atom is -0.507 e. The Morgan fingerprint density at radius 2 is 1.93 bits per heavy atom. The number of phenols is 1. The fourth-order valence-electron chi connectivity index (χ4n) is 3.92. The van der Waals surface area contributed by atoms with E-state index >= 15 is 0 Å². The number of methoxy groups -OCH3 is 1. The fourth-order valence-corrected chi connectivity index (χ4v) is 3.92. The van der Waals surface area contributed by atoms with Crippen LogP contribution in [0.4, 0.5) is 0 Å². The van der Waals surface area contributed by atoms with Crippen molar-refractivity contribution in [1.29, 1.82) is 0 Å². The second kappa shape index (κ2) is 8.59. The molecule has 0 fully saturated rings. The number of phenolic OH excluding ortho intramolecular Hbond substituents is 1. The minimum absolute atomic E-state index is 0.100. The van der Waals surface area contributed by atoms with E-state index in [0.717, 1.165) is 23.3 Å². The molecule has 30 heavy (non-hydrogen) atoms. The number of aromatic hydroxyl groups is 1. The van der Waals surface area contributed by atoms with Crippen LogP contribution in [0.2, 0.25) is 0 Å². The van der Waals surface area contributed by atoms with E-state index in [1.807, 2.05) is 42.2 Å². The highest BCUT2D eigenvalue weighted by molar-refractivity contribution is 6.00. The molecule has 2 heterocycles. The average Bonchev–Trinajstić information content (AvgIpc) is 3.31. The summed E-state index contributed by atoms with van der Waals surface area (Å²) in [6.45, 7) is 3.75. The Hall–Kier alpha value is -3.32. The van der Waals surface area contributed by atoms with Gasteiger partial charge in [0.05, 0.1) is 13.2 Å². The number of hydrogen-bond donors (Lipinski definition) is 2. The minimum atomic E-state index is -0.312. The Balaban J connectivity index is 1.77. The molecule has 0 radical (unpaired) electrons. The molecule has 1 aliphatic heterocycles. The van der Waals surface area contributed by atoms with Gasteiger partial charge in [-0.05, 0) is 43.2 Å². The van der Waals surface area contributed by atoms with Crippen LogP contribution in [-0.4, -0.2) is 53.0 Å². The number of benzene rings is 2. The van der Waals surface area contributed by atoms with Gasteiger partial charge >= 0.3 is 0 Å². The van der Waals surface area contributed by atoms with Crippen LogP contribution in [0.25, 0.3) is 11.3 Å². The number of H-pyrrole nitrogens is 1. The first kappa shape index (κ1) is 20.0. The standard InChI is InChI=1S/C23H25N3O4/c1-3-30-14-6-13-26-22(15-9-11-16(29-2)12-10-15)19-20(24-25-21(19)23(26)28)17-7-4-5-8-18(17)27/h4-5,7-12,22,27H,3,6,13-14H2,1-2H3,(H,24,25)/t22-/m1/s1. The molecule has 7 heteroatoms. The van der Waals surface area contributed by atoms with Gasteiger partial charge in [0.1, 0.15) is 22.9 Å². The van der Waals surface area contributed by atoms with Crippen molar-refractivity contribution in [2.75, 3.05) is 26.9 Å². The molecule has 2 aromatic carbocycles. The number of nitrogens with zero attached hydrogens (tertiary/aromatic N) is 2. The lowest BCUT2D eigenvalue weighted by molar-refractivity contribution is 0.0710. The molecule has 1 atom stereocenters. The molecule has 1 aromatic heterocycles. The molecule has 3 aromatic rings. The normalized spacial score (nSPS) is 15.5. The molecule has 156 valence electrons. The van der Waals surface area contributed by atoms with Gasteiger partial charge in [-0.25, -0.2) is 0 Å². The fraction of sp³-hybridized carbons (Fsp3) is 0.304. The Labute approximate surface area is 175 Å². The van der Waals surface area contributed by atoms with Crippen LogP contribution in [0.3, 0.4) is 0 Å². The monoisotopic (exact) mass is 407 g/mol. The molecule has 7 nitrogen and oxygen atoms in total. The molecule has 2 N–H and O–H groups in total. The predicted octanol–water partition coefficient (Wildman–Crippen LogP) is 3.76. The highest BCUT2D eigenvalue weighted by atomic mass is 16.5. The lowest BCUT2D eigenvalue weighted by Crippen LogP contribution is -2.31. The maximum atomic E-state index is 13.2. The summed E-state index contributed by atoms with van der Waals surface area (Å²) in [6.07, 6.45) is 0.732. The van der Waals surface area contributed by atoms with Crippen molar-refractivity contribution in [3.63, 3.8) is 0 Å². The zero-order chi connectivity index (χ0) is 21.1. The highest BCUT2D eigenvalue weighted by Crippen LogP contribution is 2.44. The van der Waals surface area contributed by atoms with Crippen molar-refractivity contribution in [3.8, 4) is 22.8 Å². The Morgan fingerprint density at radius 3 is 2.63 bits per heavy atom. The van der Waals surface area contributed by atoms with Gasteiger partial charge in [-0.3, -0.25) is 9.89 Å². The van der Waals surface area contributed by atoms with E-state index in [2.05, 4.69) is 10.2 Å². The molecule has 0 spiro atoms. The van der Waals surface area contributed by atoms with Crippen LogP contribution in [0, 0.1) is 0 Å². The number of amides is 1. The first-order chi connectivity index (χ1) is 14.7. The largest absolute Gasteiger partial charge is 0.507 e. The van der Waals surface area contributed by atoms with Gasteiger partial charge in [-0.15, -0.1) is 0 Å². The van der Waals surface area contributed by atoms with Crippen LogP contribution in [0.5, 0.6) is 11.5 Å². The van der Waals surface area contributed by atoms with E-state index in [9.17, 15) is 9.90 Å². The zero-order valence-electron chi connectivity index (χ0n) is 17.1. The molecular weight excluding hydrogens is 382 g/mol. The number of carbonyl (C=O) groups is 1. The molecular formula is C23H25N3O4. The summed E-state index contributed by atoms with van der Waals surface area (Å²) in [5.74, 6) is 0.776. The van der Waals surface area contributed by atoms with Gasteiger partial charge in [0.15, 0.2) is 0 Å². The van der Waals surface area contributed by atoms with E-state index in [1.54, 1.807) is 25.3 Å². The summed E-state index contributed by atoms with van der Waals surface area (Å²) in [5, 5.41) is 17.7. The van der Waals surface area contributed by atoms with E-state index in [-0.39, 0.29) is 17.7 Å². The zero-order valence-corrected chi connectivity index (χ0v) is 17.1. The number of para-hydroxylation sites is 1. The maximum Gasteiger partial charge on any atom is 0.273 e. The van der Waals surface area contributed by atoms with Crippen LogP contribution in [-0.2, 0) is 4.74 Å². The Kier molecular flexibility index (Phi) is 5.72. The molecule has 0 aliphatic carbocycles. The van der Waals surface area contributed by atoms with Crippen molar-refractivity contribution in [2.24, 2.45) is 0 Å². The number of aromatic nitrogens is 2.